The zero-order valence-corrected chi connectivity index (χ0v) is 82.5. The third-order valence-corrected chi connectivity index (χ3v) is 24.5. The van der Waals surface area contributed by atoms with Crippen LogP contribution in [0.3, 0.4) is 0 Å². The van der Waals surface area contributed by atoms with Crippen LogP contribution in [0.4, 0.5) is 0 Å². The van der Waals surface area contributed by atoms with Gasteiger partial charge in [0, 0.05) is 75.4 Å². The summed E-state index contributed by atoms with van der Waals surface area (Å²) in [5.41, 5.74) is 30.3. The summed E-state index contributed by atoms with van der Waals surface area (Å²) in [6.07, 6.45) is 18.7. The van der Waals surface area contributed by atoms with Crippen LogP contribution in [0.15, 0.2) is 238 Å². The molecule has 0 N–H and O–H groups in total. The number of aromatic nitrogens is 9. The van der Waals surface area contributed by atoms with Gasteiger partial charge in [0.05, 0.1) is 50.4 Å². The third kappa shape index (κ3) is 24.8. The SMILES string of the molecule is C.C.C.C.C.Cc1ccccc1-c1n(-c2c(C(C)C)cc(C(C)C)cc2C(C)C)cc[n+]1C.Cc1ccccc1-c1n(-c2c(C(C)C)cccc2C(C)C)cc[n+]1C.[2H]C(C)(C)c1cc(C([2H])(C)C)c(-n2cc[n+](C)c2-c2ccccc2C)c(C([2H])(C)C)c1.[2H]C(C)(C)c1cccc(C([2H])(C)C)c1-n1cc[n+](C)c1-c1ccccc1C.[2H]C([2H])c1c[n+](C)c(-c2ccc(C([2H])([2H])[2H])cc2C)cc1C(C)(C)C. The van der Waals surface area contributed by atoms with Crippen molar-refractivity contribution in [3.63, 3.8) is 0 Å². The molecule has 131 heavy (non-hydrogen) atoms. The van der Waals surface area contributed by atoms with E-state index in [1.165, 1.54) is 84.2 Å². The van der Waals surface area contributed by atoms with Gasteiger partial charge in [-0.2, -0.15) is 18.3 Å². The van der Waals surface area contributed by atoms with Crippen LogP contribution in [0.1, 0.15) is 369 Å². The van der Waals surface area contributed by atoms with Crippen LogP contribution >= 0.6 is 0 Å². The van der Waals surface area contributed by atoms with Gasteiger partial charge in [-0.25, -0.2) is 22.8 Å². The molecule has 0 saturated carbocycles. The van der Waals surface area contributed by atoms with Crippen molar-refractivity contribution in [1.82, 2.24) is 18.3 Å². The Morgan fingerprint density at radius 3 is 0.855 bits per heavy atom. The monoisotopic (exact) mass is 1780 g/mol. The fraction of sp³-hybridized carbons (Fsp3) is 0.418. The standard InChI is InChI=1S/2C26H35N2.2C23H29N2.C19H26N.5CH4/c2*1-17(2)21-15-23(18(3)4)25(24(16-21)19(5)6)28-14-13-27(8)26(28)22-12-10-9-11-20(22)7;2*1-16(2)19-12-9-13-20(17(3)4)22(19)25-15-14-24(6)23(25)21-11-8-7-10-18(21)5;1-13-8-9-16(14(2)10-13)18-11-17(19(4,5)6)15(3)12-20(18)7;;;;;/h2*9-19H,1-8H3;2*7-17H,1-6H3;8-12H,1-7H3;5*1H4/q5*+1;;;;;/i17D,18D,19D;;16D,17D;;1D3,3D2;;;;;. The smallest absolute Gasteiger partial charge is 0.232 e. The van der Waals surface area contributed by atoms with Gasteiger partial charge in [-0.1, -0.05) is 348 Å². The minimum absolute atomic E-state index is 0. The van der Waals surface area contributed by atoms with Gasteiger partial charge in [-0.15, -0.1) is 0 Å². The number of para-hydroxylation sites is 2. The minimum atomic E-state index is -2.12. The lowest BCUT2D eigenvalue weighted by Gasteiger charge is -2.21. The summed E-state index contributed by atoms with van der Waals surface area (Å²) in [5.74, 6) is 2.76. The average Bonchev–Trinajstić information content (AvgIpc) is 1.71. The Kier molecular flexibility index (Phi) is 34.2. The molecule has 0 spiro atoms. The molecule has 5 aromatic heterocycles. The Morgan fingerprint density at radius 2 is 0.580 bits per heavy atom. The van der Waals surface area contributed by atoms with Gasteiger partial charge in [0.25, 0.3) is 23.3 Å². The summed E-state index contributed by atoms with van der Waals surface area (Å²) >= 11 is 0. The van der Waals surface area contributed by atoms with Gasteiger partial charge in [0.2, 0.25) is 5.69 Å². The van der Waals surface area contributed by atoms with E-state index in [1.807, 2.05) is 194 Å². The van der Waals surface area contributed by atoms with Gasteiger partial charge in [-0.3, -0.25) is 0 Å². The molecule has 14 aromatic rings. The predicted octanol–water partition coefficient (Wildman–Crippen LogP) is 31.9. The quantitative estimate of drug-likeness (QED) is 0.0724. The number of hydrogen-bond acceptors (Lipinski definition) is 0. The Bertz CT molecular complexity index is 6430. The first-order chi connectivity index (χ1) is 63.1. The molecular formula is C122H174N9+5. The number of imidazole rings is 4. The van der Waals surface area contributed by atoms with Crippen molar-refractivity contribution in [2.45, 2.75) is 309 Å². The van der Waals surface area contributed by atoms with Crippen LogP contribution in [0.2, 0.25) is 0 Å². The first kappa shape index (κ1) is 94.6. The Morgan fingerprint density at radius 1 is 0.282 bits per heavy atom. The first-order valence-corrected chi connectivity index (χ1v) is 45.3. The summed E-state index contributed by atoms with van der Waals surface area (Å²) in [4.78, 5) is 0. The molecule has 0 aliphatic rings. The van der Waals surface area contributed by atoms with Crippen LogP contribution in [0, 0.1) is 48.3 Å². The highest BCUT2D eigenvalue weighted by molar-refractivity contribution is 5.69. The Hall–Kier alpha value is -11.0. The largest absolute Gasteiger partial charge is 0.294 e. The van der Waals surface area contributed by atoms with Crippen molar-refractivity contribution in [3.05, 3.63) is 338 Å². The van der Waals surface area contributed by atoms with Crippen molar-refractivity contribution in [3.8, 4) is 79.6 Å². The topological polar surface area (TPSA) is 39.1 Å². The molecule has 14 rings (SSSR count). The van der Waals surface area contributed by atoms with E-state index in [9.17, 15) is 0 Å². The third-order valence-electron chi connectivity index (χ3n) is 24.5. The highest BCUT2D eigenvalue weighted by Gasteiger charge is 2.34. The number of benzene rings is 9. The van der Waals surface area contributed by atoms with Crippen LogP contribution in [0.5, 0.6) is 0 Å². The van der Waals surface area contributed by atoms with Crippen molar-refractivity contribution in [1.29, 1.82) is 0 Å². The second kappa shape index (κ2) is 47.4. The van der Waals surface area contributed by atoms with Crippen molar-refractivity contribution in [2.24, 2.45) is 35.2 Å². The second-order valence-corrected chi connectivity index (χ2v) is 38.3. The summed E-state index contributed by atoms with van der Waals surface area (Å²) in [7, 11) is 10.2. The number of nitrogens with zero attached hydrogens (tertiary/aromatic N) is 9. The van der Waals surface area contributed by atoms with Crippen LogP contribution in [-0.4, -0.2) is 18.3 Å². The van der Waals surface area contributed by atoms with Gasteiger partial charge >= 0.3 is 0 Å². The molecule has 0 aliphatic heterocycles. The number of hydrogen-bond donors (Lipinski definition) is 0. The van der Waals surface area contributed by atoms with Crippen LogP contribution in [-0.2, 0) is 40.7 Å². The van der Waals surface area contributed by atoms with E-state index < -0.39 is 43.2 Å². The van der Waals surface area contributed by atoms with E-state index in [4.69, 9.17) is 13.7 Å². The average molecular weight is 1780 g/mol. The maximum absolute atomic E-state index is 8.95. The normalized spacial score (nSPS) is 12.9. The molecule has 0 bridgehead atoms. The van der Waals surface area contributed by atoms with E-state index >= 15 is 0 Å². The predicted molar refractivity (Wildman–Crippen MR) is 569 cm³/mol. The van der Waals surface area contributed by atoms with Crippen LogP contribution in [0.25, 0.3) is 79.6 Å². The Labute approximate surface area is 812 Å². The summed E-state index contributed by atoms with van der Waals surface area (Å²) < 4.78 is 102. The summed E-state index contributed by atoms with van der Waals surface area (Å²) in [6, 6.07) is 62.7. The molecular weight excluding hydrogens is 1590 g/mol. The molecule has 0 fully saturated rings. The molecule has 0 radical (unpaired) electrons. The lowest BCUT2D eigenvalue weighted by molar-refractivity contribution is -0.660. The van der Waals surface area contributed by atoms with Crippen molar-refractivity contribution in [2.75, 3.05) is 0 Å². The van der Waals surface area contributed by atoms with E-state index in [1.54, 1.807) is 12.1 Å². The van der Waals surface area contributed by atoms with E-state index in [0.717, 1.165) is 84.4 Å². The molecule has 0 aliphatic carbocycles. The highest BCUT2D eigenvalue weighted by atomic mass is 15.2. The number of pyridine rings is 1. The van der Waals surface area contributed by atoms with E-state index in [-0.39, 0.29) is 42.5 Å². The molecule has 9 heteroatoms. The molecule has 0 atom stereocenters. The minimum Gasteiger partial charge on any atom is -0.232 e. The van der Waals surface area contributed by atoms with Gasteiger partial charge < -0.3 is 0 Å². The molecule has 9 aromatic carbocycles. The van der Waals surface area contributed by atoms with Gasteiger partial charge in [0.1, 0.15) is 79.4 Å². The molecule has 9 nitrogen and oxygen atoms in total. The Balaban J connectivity index is 0.000000309. The zero-order valence-electron chi connectivity index (χ0n) is 92.5. The van der Waals surface area contributed by atoms with E-state index in [0.29, 0.717) is 40.7 Å². The molecule has 5 heterocycles. The molecule has 0 saturated heterocycles. The van der Waals surface area contributed by atoms with Gasteiger partial charge in [0.15, 0.2) is 6.20 Å². The highest BCUT2D eigenvalue weighted by Crippen LogP contribution is 2.42. The fourth-order valence-electron chi connectivity index (χ4n) is 17.3. The van der Waals surface area contributed by atoms with Crippen molar-refractivity contribution >= 4 is 0 Å². The maximum Gasteiger partial charge on any atom is 0.294 e. The molecule has 0 amide bonds. The van der Waals surface area contributed by atoms with E-state index in [2.05, 4.69) is 302 Å². The fourth-order valence-corrected chi connectivity index (χ4v) is 17.3. The van der Waals surface area contributed by atoms with Gasteiger partial charge in [-0.05, 0) is 188 Å². The maximum atomic E-state index is 8.95. The summed E-state index contributed by atoms with van der Waals surface area (Å²) in [5, 5.41) is 0. The molecule has 702 valence electrons. The second-order valence-electron chi connectivity index (χ2n) is 38.3. The number of aryl methyl sites for hydroxylation is 12. The lowest BCUT2D eigenvalue weighted by atomic mass is 9.83. The van der Waals surface area contributed by atoms with Crippen LogP contribution < -0.4 is 22.8 Å². The summed E-state index contributed by atoms with van der Waals surface area (Å²) in [6.45, 7) is 55.3. The molecule has 0 unspecified atom stereocenters. The first-order valence-electron chi connectivity index (χ1n) is 50.4. The van der Waals surface area contributed by atoms with Crippen molar-refractivity contribution < 1.29 is 36.5 Å². The number of rotatable bonds is 19. The lowest BCUT2D eigenvalue weighted by Crippen LogP contribution is -2.33. The zero-order chi connectivity index (χ0) is 101.